The molecule has 0 unspecified atom stereocenters. The SMILES string of the molecule is COCCN(Cc1c(C(C)C)nn(-c2ccccc2)c1Oc1ccccc1F)C(=O)c1ccco1. The number of furan rings is 1. The van der Waals surface area contributed by atoms with Crippen molar-refractivity contribution >= 4 is 5.91 Å². The zero-order valence-electron chi connectivity index (χ0n) is 20.0. The fourth-order valence-corrected chi connectivity index (χ4v) is 3.74. The van der Waals surface area contributed by atoms with Gasteiger partial charge in [-0.1, -0.05) is 44.2 Å². The summed E-state index contributed by atoms with van der Waals surface area (Å²) in [5.74, 6) is -0.124. The first-order valence-electron chi connectivity index (χ1n) is 11.4. The molecule has 35 heavy (non-hydrogen) atoms. The van der Waals surface area contributed by atoms with Gasteiger partial charge >= 0.3 is 0 Å². The van der Waals surface area contributed by atoms with Gasteiger partial charge in [0.1, 0.15) is 0 Å². The Morgan fingerprint density at radius 1 is 1.09 bits per heavy atom. The molecule has 0 saturated carbocycles. The van der Waals surface area contributed by atoms with Crippen molar-refractivity contribution in [3.05, 3.63) is 95.8 Å². The first-order valence-corrected chi connectivity index (χ1v) is 11.4. The van der Waals surface area contributed by atoms with E-state index in [4.69, 9.17) is 19.0 Å². The van der Waals surface area contributed by atoms with Gasteiger partial charge < -0.3 is 18.8 Å². The van der Waals surface area contributed by atoms with Crippen LogP contribution in [-0.2, 0) is 11.3 Å². The number of carbonyl (C=O) groups excluding carboxylic acids is 1. The van der Waals surface area contributed by atoms with Gasteiger partial charge in [0, 0.05) is 13.7 Å². The molecular formula is C27H28FN3O4. The van der Waals surface area contributed by atoms with Crippen molar-refractivity contribution < 1.29 is 23.1 Å². The highest BCUT2D eigenvalue weighted by molar-refractivity contribution is 5.91. The summed E-state index contributed by atoms with van der Waals surface area (Å²) >= 11 is 0. The lowest BCUT2D eigenvalue weighted by atomic mass is 10.1. The van der Waals surface area contributed by atoms with Gasteiger partial charge in [-0.3, -0.25) is 4.79 Å². The molecule has 4 rings (SSSR count). The Balaban J connectivity index is 1.83. The smallest absolute Gasteiger partial charge is 0.289 e. The maximum atomic E-state index is 14.6. The molecule has 0 aliphatic heterocycles. The second kappa shape index (κ2) is 11.0. The van der Waals surface area contributed by atoms with Crippen molar-refractivity contribution in [3.63, 3.8) is 0 Å². The highest BCUT2D eigenvalue weighted by Gasteiger charge is 2.28. The molecule has 8 heteroatoms. The van der Waals surface area contributed by atoms with Gasteiger partial charge in [-0.2, -0.15) is 5.10 Å². The quantitative estimate of drug-likeness (QED) is 0.288. The molecule has 182 valence electrons. The molecule has 0 N–H and O–H groups in total. The molecule has 0 spiro atoms. The van der Waals surface area contributed by atoms with Gasteiger partial charge in [-0.15, -0.1) is 0 Å². The molecule has 0 atom stereocenters. The third-order valence-corrected chi connectivity index (χ3v) is 5.49. The van der Waals surface area contributed by atoms with Gasteiger partial charge in [0.15, 0.2) is 17.3 Å². The van der Waals surface area contributed by atoms with Gasteiger partial charge in [-0.05, 0) is 42.3 Å². The lowest BCUT2D eigenvalue weighted by molar-refractivity contribution is 0.0647. The standard InChI is InChI=1S/C27H28FN3O4/c1-19(2)25-21(18-30(15-17-33-3)26(32)24-14-9-16-34-24)27(35-23-13-8-7-12-22(23)28)31(29-25)20-10-5-4-6-11-20/h4-14,16,19H,15,17-18H2,1-3H3. The highest BCUT2D eigenvalue weighted by atomic mass is 19.1. The third-order valence-electron chi connectivity index (χ3n) is 5.49. The van der Waals surface area contributed by atoms with Gasteiger partial charge in [0.25, 0.3) is 5.91 Å². The fourth-order valence-electron chi connectivity index (χ4n) is 3.74. The fraction of sp³-hybridized carbons (Fsp3) is 0.259. The van der Waals surface area contributed by atoms with E-state index in [0.717, 1.165) is 11.4 Å². The number of aromatic nitrogens is 2. The van der Waals surface area contributed by atoms with Crippen LogP contribution in [0.25, 0.3) is 5.69 Å². The molecule has 0 bridgehead atoms. The molecule has 0 aliphatic rings. The summed E-state index contributed by atoms with van der Waals surface area (Å²) in [6.07, 6.45) is 1.46. The van der Waals surface area contributed by atoms with Crippen LogP contribution in [-0.4, -0.2) is 40.8 Å². The zero-order valence-corrected chi connectivity index (χ0v) is 20.0. The molecule has 2 aromatic carbocycles. The van der Waals surface area contributed by atoms with Crippen LogP contribution in [0.3, 0.4) is 0 Å². The maximum Gasteiger partial charge on any atom is 0.289 e. The van der Waals surface area contributed by atoms with Crippen molar-refractivity contribution in [2.75, 3.05) is 20.3 Å². The number of carbonyl (C=O) groups is 1. The predicted molar refractivity (Wildman–Crippen MR) is 129 cm³/mol. The van der Waals surface area contributed by atoms with Crippen LogP contribution >= 0.6 is 0 Å². The van der Waals surface area contributed by atoms with Crippen LogP contribution in [0, 0.1) is 5.82 Å². The molecule has 0 saturated heterocycles. The van der Waals surface area contributed by atoms with E-state index in [1.54, 1.807) is 47.0 Å². The summed E-state index contributed by atoms with van der Waals surface area (Å²) in [7, 11) is 1.58. The summed E-state index contributed by atoms with van der Waals surface area (Å²) < 4.78 is 33.0. The molecule has 2 aromatic heterocycles. The van der Waals surface area contributed by atoms with Crippen molar-refractivity contribution in [2.24, 2.45) is 0 Å². The summed E-state index contributed by atoms with van der Waals surface area (Å²) in [6.45, 7) is 4.86. The highest BCUT2D eigenvalue weighted by Crippen LogP contribution is 2.35. The van der Waals surface area contributed by atoms with Gasteiger partial charge in [-0.25, -0.2) is 9.07 Å². The van der Waals surface area contributed by atoms with E-state index in [2.05, 4.69) is 0 Å². The second-order valence-corrected chi connectivity index (χ2v) is 8.30. The average molecular weight is 478 g/mol. The molecule has 0 fully saturated rings. The van der Waals surface area contributed by atoms with Crippen LogP contribution in [0.4, 0.5) is 4.39 Å². The first-order chi connectivity index (χ1) is 17.0. The summed E-state index contributed by atoms with van der Waals surface area (Å²) in [5, 5.41) is 4.84. The van der Waals surface area contributed by atoms with E-state index in [-0.39, 0.29) is 29.9 Å². The lowest BCUT2D eigenvalue weighted by Gasteiger charge is -2.22. The number of amides is 1. The number of para-hydroxylation sites is 2. The predicted octanol–water partition coefficient (Wildman–Crippen LogP) is 5.81. The number of benzene rings is 2. The topological polar surface area (TPSA) is 69.7 Å². The largest absolute Gasteiger partial charge is 0.459 e. The Kier molecular flexibility index (Phi) is 7.62. The lowest BCUT2D eigenvalue weighted by Crippen LogP contribution is -2.33. The number of nitrogens with zero attached hydrogens (tertiary/aromatic N) is 3. The minimum atomic E-state index is -0.492. The van der Waals surface area contributed by atoms with Crippen molar-refractivity contribution in [3.8, 4) is 17.3 Å². The van der Waals surface area contributed by atoms with E-state index in [1.165, 1.54) is 12.3 Å². The molecule has 7 nitrogen and oxygen atoms in total. The minimum Gasteiger partial charge on any atom is -0.459 e. The Hall–Kier alpha value is -3.91. The van der Waals surface area contributed by atoms with E-state index >= 15 is 0 Å². The Morgan fingerprint density at radius 3 is 2.49 bits per heavy atom. The van der Waals surface area contributed by atoms with Crippen molar-refractivity contribution in [1.82, 2.24) is 14.7 Å². The third kappa shape index (κ3) is 5.44. The molecule has 0 radical (unpaired) electrons. The van der Waals surface area contributed by atoms with Crippen LogP contribution in [0.5, 0.6) is 11.6 Å². The molecule has 0 aliphatic carbocycles. The van der Waals surface area contributed by atoms with Gasteiger partial charge in [0.05, 0.1) is 36.4 Å². The monoisotopic (exact) mass is 477 g/mol. The van der Waals surface area contributed by atoms with E-state index in [0.29, 0.717) is 24.6 Å². The van der Waals surface area contributed by atoms with E-state index in [9.17, 15) is 9.18 Å². The van der Waals surface area contributed by atoms with E-state index in [1.807, 2.05) is 44.2 Å². The zero-order chi connectivity index (χ0) is 24.8. The normalized spacial score (nSPS) is 11.1. The minimum absolute atomic E-state index is 0.0147. The van der Waals surface area contributed by atoms with Crippen LogP contribution in [0.1, 0.15) is 41.6 Å². The summed E-state index contributed by atoms with van der Waals surface area (Å²) in [6, 6.07) is 19.0. The molecular weight excluding hydrogens is 449 g/mol. The Bertz CT molecular complexity index is 1250. The molecule has 4 aromatic rings. The van der Waals surface area contributed by atoms with Crippen molar-refractivity contribution in [1.29, 1.82) is 0 Å². The average Bonchev–Trinajstić information content (AvgIpc) is 3.52. The Morgan fingerprint density at radius 2 is 1.83 bits per heavy atom. The number of methoxy groups -OCH3 is 1. The first kappa shape index (κ1) is 24.2. The maximum absolute atomic E-state index is 14.6. The number of ether oxygens (including phenoxy) is 2. The van der Waals surface area contributed by atoms with E-state index < -0.39 is 5.82 Å². The van der Waals surface area contributed by atoms with Crippen LogP contribution < -0.4 is 4.74 Å². The van der Waals surface area contributed by atoms with Crippen molar-refractivity contribution in [2.45, 2.75) is 26.3 Å². The van der Waals surface area contributed by atoms with Gasteiger partial charge in [0.2, 0.25) is 5.88 Å². The number of halogens is 1. The summed E-state index contributed by atoms with van der Waals surface area (Å²) in [4.78, 5) is 14.9. The second-order valence-electron chi connectivity index (χ2n) is 8.30. The molecule has 2 heterocycles. The Labute approximate surface area is 203 Å². The molecule has 1 amide bonds. The number of rotatable bonds is 10. The van der Waals surface area contributed by atoms with Crippen LogP contribution in [0.2, 0.25) is 0 Å². The van der Waals surface area contributed by atoms with Crippen LogP contribution in [0.15, 0.2) is 77.4 Å². The summed E-state index contributed by atoms with van der Waals surface area (Å²) in [5.41, 5.74) is 2.19. The number of hydrogen-bond donors (Lipinski definition) is 0. The number of hydrogen-bond acceptors (Lipinski definition) is 5.